The highest BCUT2D eigenvalue weighted by Crippen LogP contribution is 2.57. The lowest BCUT2D eigenvalue weighted by Gasteiger charge is -2.36. The van der Waals surface area contributed by atoms with Crippen LogP contribution in [0.1, 0.15) is 43.2 Å². The van der Waals surface area contributed by atoms with Gasteiger partial charge in [0.2, 0.25) is 0 Å². The van der Waals surface area contributed by atoms with Crippen LogP contribution in [0.2, 0.25) is 0 Å². The molecule has 1 saturated carbocycles. The SMILES string of the molecule is c1ccc(-c2ccc(-c3nc(-c4ccccc4)nc(-c4ccc(-c5cccc(-c6cccc(-c7cccc8c7-c7ccccc7C87CCCCC7)c6)c5)cc4)n3)cc2)cc1. The van der Waals surface area contributed by atoms with E-state index in [4.69, 9.17) is 15.0 Å². The van der Waals surface area contributed by atoms with E-state index >= 15 is 0 Å². The van der Waals surface area contributed by atoms with Crippen molar-refractivity contribution in [2.45, 2.75) is 37.5 Å². The molecule has 0 atom stereocenters. The van der Waals surface area contributed by atoms with Gasteiger partial charge >= 0.3 is 0 Å². The molecule has 0 N–H and O–H groups in total. The van der Waals surface area contributed by atoms with Crippen LogP contribution in [0.25, 0.3) is 89.8 Å². The van der Waals surface area contributed by atoms with Gasteiger partial charge in [0.15, 0.2) is 17.5 Å². The van der Waals surface area contributed by atoms with Crippen LogP contribution in [0.3, 0.4) is 0 Å². The molecule has 0 saturated heterocycles. The minimum atomic E-state index is 0.146. The molecule has 60 heavy (non-hydrogen) atoms. The molecule has 2 aliphatic rings. The molecule has 8 aromatic carbocycles. The Kier molecular flexibility index (Phi) is 9.08. The Morgan fingerprint density at radius 3 is 1.28 bits per heavy atom. The zero-order valence-electron chi connectivity index (χ0n) is 33.4. The van der Waals surface area contributed by atoms with Crippen LogP contribution in [0.15, 0.2) is 200 Å². The minimum Gasteiger partial charge on any atom is -0.208 e. The Bertz CT molecular complexity index is 2980. The van der Waals surface area contributed by atoms with Gasteiger partial charge in [-0.05, 0) is 91.7 Å². The molecule has 9 aromatic rings. The molecular formula is C57H43N3. The largest absolute Gasteiger partial charge is 0.208 e. The molecule has 3 heteroatoms. The highest BCUT2D eigenvalue weighted by atomic mass is 15.0. The summed E-state index contributed by atoms with van der Waals surface area (Å²) in [7, 11) is 0. The van der Waals surface area contributed by atoms with Crippen molar-refractivity contribution in [2.24, 2.45) is 0 Å². The Hall–Kier alpha value is -7.23. The van der Waals surface area contributed by atoms with Gasteiger partial charge in [-0.15, -0.1) is 0 Å². The first kappa shape index (κ1) is 35.9. The van der Waals surface area contributed by atoms with Gasteiger partial charge in [-0.2, -0.15) is 0 Å². The van der Waals surface area contributed by atoms with Gasteiger partial charge in [0.1, 0.15) is 0 Å². The van der Waals surface area contributed by atoms with E-state index in [9.17, 15) is 0 Å². The molecule has 1 heterocycles. The maximum atomic E-state index is 5.03. The molecule has 286 valence electrons. The number of aromatic nitrogens is 3. The van der Waals surface area contributed by atoms with Gasteiger partial charge in [0.05, 0.1) is 0 Å². The van der Waals surface area contributed by atoms with Crippen LogP contribution in [0.4, 0.5) is 0 Å². The van der Waals surface area contributed by atoms with Crippen LogP contribution >= 0.6 is 0 Å². The summed E-state index contributed by atoms with van der Waals surface area (Å²) >= 11 is 0. The number of rotatable bonds is 7. The Labute approximate surface area is 352 Å². The fourth-order valence-electron chi connectivity index (χ4n) is 9.79. The van der Waals surface area contributed by atoms with E-state index < -0.39 is 0 Å². The van der Waals surface area contributed by atoms with Crippen molar-refractivity contribution in [3.63, 3.8) is 0 Å². The monoisotopic (exact) mass is 769 g/mol. The van der Waals surface area contributed by atoms with Crippen LogP contribution in [0, 0.1) is 0 Å². The molecule has 0 amide bonds. The molecule has 1 fully saturated rings. The summed E-state index contributed by atoms with van der Waals surface area (Å²) in [5, 5.41) is 0. The lowest BCUT2D eigenvalue weighted by atomic mass is 9.68. The van der Waals surface area contributed by atoms with Gasteiger partial charge in [0, 0.05) is 22.1 Å². The maximum Gasteiger partial charge on any atom is 0.164 e. The van der Waals surface area contributed by atoms with Crippen molar-refractivity contribution in [3.05, 3.63) is 211 Å². The number of benzene rings is 8. The van der Waals surface area contributed by atoms with Crippen molar-refractivity contribution in [1.29, 1.82) is 0 Å². The lowest BCUT2D eigenvalue weighted by Crippen LogP contribution is -2.27. The summed E-state index contributed by atoms with van der Waals surface area (Å²) in [6.45, 7) is 0. The van der Waals surface area contributed by atoms with E-state index in [-0.39, 0.29) is 5.41 Å². The van der Waals surface area contributed by atoms with E-state index in [0.717, 1.165) is 33.4 Å². The summed E-state index contributed by atoms with van der Waals surface area (Å²) in [6, 6.07) is 71.9. The number of nitrogens with zero attached hydrogens (tertiary/aromatic N) is 3. The van der Waals surface area contributed by atoms with Crippen molar-refractivity contribution in [1.82, 2.24) is 15.0 Å². The van der Waals surface area contributed by atoms with Crippen LogP contribution in [-0.4, -0.2) is 15.0 Å². The molecule has 0 unspecified atom stereocenters. The van der Waals surface area contributed by atoms with Crippen molar-refractivity contribution < 1.29 is 0 Å². The molecule has 0 radical (unpaired) electrons. The molecule has 0 aliphatic heterocycles. The highest BCUT2D eigenvalue weighted by molar-refractivity contribution is 5.93. The van der Waals surface area contributed by atoms with Gasteiger partial charge in [-0.1, -0.05) is 207 Å². The average molecular weight is 770 g/mol. The summed E-state index contributed by atoms with van der Waals surface area (Å²) < 4.78 is 0. The van der Waals surface area contributed by atoms with E-state index in [1.807, 2.05) is 36.4 Å². The van der Waals surface area contributed by atoms with Crippen LogP contribution in [0.5, 0.6) is 0 Å². The Morgan fingerprint density at radius 2 is 0.667 bits per heavy atom. The second kappa shape index (κ2) is 15.2. The van der Waals surface area contributed by atoms with Gasteiger partial charge < -0.3 is 0 Å². The second-order valence-corrected chi connectivity index (χ2v) is 16.3. The lowest BCUT2D eigenvalue weighted by molar-refractivity contribution is 0.353. The summed E-state index contributed by atoms with van der Waals surface area (Å²) in [5.41, 5.74) is 18.5. The zero-order chi connectivity index (χ0) is 39.9. The molecule has 2 aliphatic carbocycles. The van der Waals surface area contributed by atoms with Crippen molar-refractivity contribution in [3.8, 4) is 89.8 Å². The van der Waals surface area contributed by atoms with E-state index in [1.54, 1.807) is 0 Å². The maximum absolute atomic E-state index is 5.03. The third-order valence-corrected chi connectivity index (χ3v) is 12.8. The molecule has 3 nitrogen and oxygen atoms in total. The first-order valence-electron chi connectivity index (χ1n) is 21.2. The first-order chi connectivity index (χ1) is 29.7. The predicted octanol–water partition coefficient (Wildman–Crippen LogP) is 14.8. The standard InChI is InChI=1S/C57H43N3/c1-4-15-39(16-5-1)40-27-31-43(32-28-40)55-58-54(42-17-6-2-7-18-42)59-56(60-55)44-33-29-41(30-34-44)45-19-12-20-46(37-45)47-21-13-22-48(38-47)49-24-14-26-52-53(49)50-23-8-9-25-51(50)57(52)35-10-3-11-36-57/h1-2,4-9,12-34,37-38H,3,10-11,35-36H2. The van der Waals surface area contributed by atoms with Crippen molar-refractivity contribution >= 4 is 0 Å². The third-order valence-electron chi connectivity index (χ3n) is 12.8. The fraction of sp³-hybridized carbons (Fsp3) is 0.105. The van der Waals surface area contributed by atoms with Crippen LogP contribution in [-0.2, 0) is 5.41 Å². The number of fused-ring (bicyclic) bond motifs is 5. The van der Waals surface area contributed by atoms with Gasteiger partial charge in [-0.3, -0.25) is 0 Å². The van der Waals surface area contributed by atoms with Gasteiger partial charge in [0.25, 0.3) is 0 Å². The van der Waals surface area contributed by atoms with Crippen molar-refractivity contribution in [2.75, 3.05) is 0 Å². The number of hydrogen-bond acceptors (Lipinski definition) is 3. The number of hydrogen-bond donors (Lipinski definition) is 0. The highest BCUT2D eigenvalue weighted by Gasteiger charge is 2.44. The smallest absolute Gasteiger partial charge is 0.164 e. The summed E-state index contributed by atoms with van der Waals surface area (Å²) in [5.74, 6) is 1.95. The molecular weight excluding hydrogens is 727 g/mol. The summed E-state index contributed by atoms with van der Waals surface area (Å²) in [6.07, 6.45) is 6.41. The fourth-order valence-corrected chi connectivity index (χ4v) is 9.79. The Balaban J connectivity index is 0.910. The molecule has 11 rings (SSSR count). The third kappa shape index (κ3) is 6.44. The molecule has 1 aromatic heterocycles. The average Bonchev–Trinajstić information content (AvgIpc) is 3.60. The van der Waals surface area contributed by atoms with Gasteiger partial charge in [-0.25, -0.2) is 15.0 Å². The molecule has 0 bridgehead atoms. The Morgan fingerprint density at radius 1 is 0.283 bits per heavy atom. The quantitative estimate of drug-likeness (QED) is 0.162. The van der Waals surface area contributed by atoms with E-state index in [1.165, 1.54) is 82.2 Å². The van der Waals surface area contributed by atoms with Crippen LogP contribution < -0.4 is 0 Å². The first-order valence-corrected chi connectivity index (χ1v) is 21.2. The van der Waals surface area contributed by atoms with E-state index in [2.05, 4.69) is 164 Å². The van der Waals surface area contributed by atoms with E-state index in [0.29, 0.717) is 17.5 Å². The summed E-state index contributed by atoms with van der Waals surface area (Å²) in [4.78, 5) is 15.0. The molecule has 1 spiro atoms. The topological polar surface area (TPSA) is 38.7 Å². The predicted molar refractivity (Wildman–Crippen MR) is 247 cm³/mol. The second-order valence-electron chi connectivity index (χ2n) is 16.3. The zero-order valence-corrected chi connectivity index (χ0v) is 33.4. The normalized spacial score (nSPS) is 13.8. The minimum absolute atomic E-state index is 0.146.